The van der Waals surface area contributed by atoms with Gasteiger partial charge in [0.05, 0.1) is 19.2 Å². The fraction of sp³-hybridized carbons (Fsp3) is 0.227. The van der Waals surface area contributed by atoms with E-state index in [0.29, 0.717) is 30.5 Å². The first-order valence-corrected chi connectivity index (χ1v) is 9.28. The third-order valence-electron chi connectivity index (χ3n) is 4.96. The summed E-state index contributed by atoms with van der Waals surface area (Å²) >= 11 is 0. The second-order valence-electron chi connectivity index (χ2n) is 6.73. The molecule has 1 heterocycles. The standard InChI is InChI=1S/C22H24N4O3.ClH/c1-25-18-13-26(17-10-8-16(9-11-17)21(23)24)22(28)20(18)15-6-3-14(4-7-15)5-12-19(27)29-2;/h3-4,6-11,25H,5,12-13H2,1-2H3,(H3,23,24);1H. The maximum Gasteiger partial charge on any atom is 0.305 e. The third kappa shape index (κ3) is 4.80. The van der Waals surface area contributed by atoms with Gasteiger partial charge >= 0.3 is 5.97 Å². The average Bonchev–Trinajstić information content (AvgIpc) is 3.08. The van der Waals surface area contributed by atoms with Gasteiger partial charge in [-0.2, -0.15) is 0 Å². The van der Waals surface area contributed by atoms with E-state index in [1.165, 1.54) is 7.11 Å². The van der Waals surface area contributed by atoms with Crippen molar-refractivity contribution in [3.05, 3.63) is 70.9 Å². The topological polar surface area (TPSA) is 109 Å². The quantitative estimate of drug-likeness (QED) is 0.356. The Bertz CT molecular complexity index is 969. The first kappa shape index (κ1) is 23.0. The molecule has 0 saturated carbocycles. The minimum Gasteiger partial charge on any atom is -0.469 e. The zero-order valence-electron chi connectivity index (χ0n) is 16.9. The number of esters is 1. The van der Waals surface area contributed by atoms with Crippen LogP contribution in [0.25, 0.3) is 5.57 Å². The van der Waals surface area contributed by atoms with Gasteiger partial charge in [0.25, 0.3) is 5.91 Å². The van der Waals surface area contributed by atoms with Crippen LogP contribution < -0.4 is 16.0 Å². The van der Waals surface area contributed by atoms with E-state index >= 15 is 0 Å². The first-order valence-electron chi connectivity index (χ1n) is 9.28. The lowest BCUT2D eigenvalue weighted by atomic mass is 10.0. The summed E-state index contributed by atoms with van der Waals surface area (Å²) in [5.74, 6) is -0.342. The number of hydrogen-bond acceptors (Lipinski definition) is 5. The van der Waals surface area contributed by atoms with Gasteiger partial charge in [-0.1, -0.05) is 24.3 Å². The molecule has 1 aliphatic rings. The third-order valence-corrected chi connectivity index (χ3v) is 4.96. The molecule has 2 aromatic rings. The van der Waals surface area contributed by atoms with Gasteiger partial charge in [0.2, 0.25) is 0 Å². The Morgan fingerprint density at radius 3 is 2.33 bits per heavy atom. The number of nitrogens with one attached hydrogen (secondary N) is 2. The molecule has 1 amide bonds. The van der Waals surface area contributed by atoms with E-state index in [9.17, 15) is 9.59 Å². The first-order chi connectivity index (χ1) is 13.9. The number of aryl methyl sites for hydroxylation is 1. The number of methoxy groups -OCH3 is 1. The molecule has 158 valence electrons. The monoisotopic (exact) mass is 428 g/mol. The molecule has 0 spiro atoms. The van der Waals surface area contributed by atoms with Crippen LogP contribution in [0.15, 0.2) is 54.2 Å². The molecule has 8 heteroatoms. The highest BCUT2D eigenvalue weighted by atomic mass is 35.5. The van der Waals surface area contributed by atoms with Crippen LogP contribution in [0, 0.1) is 5.41 Å². The summed E-state index contributed by atoms with van der Waals surface area (Å²) in [5, 5.41) is 10.6. The Kier molecular flexibility index (Phi) is 7.60. The van der Waals surface area contributed by atoms with Crippen LogP contribution in [-0.2, 0) is 20.7 Å². The van der Waals surface area contributed by atoms with E-state index in [1.54, 1.807) is 36.2 Å². The van der Waals surface area contributed by atoms with Crippen molar-refractivity contribution in [3.8, 4) is 0 Å². The minimum absolute atomic E-state index is 0. The van der Waals surface area contributed by atoms with Crippen LogP contribution in [0.5, 0.6) is 0 Å². The normalized spacial score (nSPS) is 13.1. The van der Waals surface area contributed by atoms with Crippen LogP contribution in [0.4, 0.5) is 5.69 Å². The predicted molar refractivity (Wildman–Crippen MR) is 120 cm³/mol. The number of rotatable bonds is 7. The van der Waals surface area contributed by atoms with Gasteiger partial charge in [-0.05, 0) is 41.8 Å². The number of anilines is 1. The molecule has 30 heavy (non-hydrogen) atoms. The van der Waals surface area contributed by atoms with Crippen molar-refractivity contribution < 1.29 is 14.3 Å². The predicted octanol–water partition coefficient (Wildman–Crippen LogP) is 2.48. The lowest BCUT2D eigenvalue weighted by Crippen LogP contribution is -2.27. The van der Waals surface area contributed by atoms with Crippen molar-refractivity contribution in [1.29, 1.82) is 5.41 Å². The number of amides is 1. The second-order valence-corrected chi connectivity index (χ2v) is 6.73. The molecule has 0 radical (unpaired) electrons. The molecule has 0 unspecified atom stereocenters. The van der Waals surface area contributed by atoms with Gasteiger partial charge in [-0.15, -0.1) is 12.4 Å². The highest BCUT2D eigenvalue weighted by molar-refractivity contribution is 6.29. The molecule has 0 bridgehead atoms. The molecular weight excluding hydrogens is 404 g/mol. The Balaban J connectivity index is 0.00000320. The van der Waals surface area contributed by atoms with Crippen molar-refractivity contribution in [2.45, 2.75) is 12.8 Å². The Morgan fingerprint density at radius 1 is 1.17 bits per heavy atom. The van der Waals surface area contributed by atoms with Crippen LogP contribution in [0.2, 0.25) is 0 Å². The summed E-state index contributed by atoms with van der Waals surface area (Å²) in [5.41, 5.74) is 10.2. The Hall–Kier alpha value is -3.32. The Labute approximate surface area is 181 Å². The number of halogens is 1. The maximum atomic E-state index is 13.1. The number of nitrogens with zero attached hydrogens (tertiary/aromatic N) is 1. The molecule has 0 aliphatic carbocycles. The molecule has 3 rings (SSSR count). The van der Waals surface area contributed by atoms with E-state index in [1.807, 2.05) is 24.3 Å². The summed E-state index contributed by atoms with van der Waals surface area (Å²) in [4.78, 5) is 26.1. The van der Waals surface area contributed by atoms with Gasteiger partial charge in [0, 0.05) is 30.4 Å². The zero-order chi connectivity index (χ0) is 21.0. The van der Waals surface area contributed by atoms with Crippen LogP contribution in [-0.4, -0.2) is 38.4 Å². The molecular formula is C22H25ClN4O3. The van der Waals surface area contributed by atoms with Gasteiger partial charge in [-0.3, -0.25) is 15.0 Å². The average molecular weight is 429 g/mol. The number of hydrogen-bond donors (Lipinski definition) is 3. The number of carbonyl (C=O) groups is 2. The smallest absolute Gasteiger partial charge is 0.305 e. The van der Waals surface area contributed by atoms with Crippen LogP contribution in [0.3, 0.4) is 0 Å². The summed E-state index contributed by atoms with van der Waals surface area (Å²) < 4.78 is 4.67. The maximum absolute atomic E-state index is 13.1. The molecule has 7 nitrogen and oxygen atoms in total. The van der Waals surface area contributed by atoms with Gasteiger partial charge < -0.3 is 20.7 Å². The lowest BCUT2D eigenvalue weighted by molar-refractivity contribution is -0.140. The summed E-state index contributed by atoms with van der Waals surface area (Å²) in [6, 6.07) is 14.7. The number of likely N-dealkylation sites (N-methyl/N-ethyl adjacent to an activating group) is 1. The van der Waals surface area contributed by atoms with Crippen LogP contribution >= 0.6 is 12.4 Å². The second kappa shape index (κ2) is 9.93. The van der Waals surface area contributed by atoms with Gasteiger partial charge in [0.15, 0.2) is 0 Å². The molecule has 0 fully saturated rings. The molecule has 1 aliphatic heterocycles. The molecule has 0 atom stereocenters. The molecule has 2 aromatic carbocycles. The SMILES string of the molecule is CNC1=C(c2ccc(CCC(=O)OC)cc2)C(=O)N(c2ccc(C(=N)N)cc2)C1.Cl. The van der Waals surface area contributed by atoms with Gasteiger partial charge in [0.1, 0.15) is 5.84 Å². The van der Waals surface area contributed by atoms with Gasteiger partial charge in [-0.25, -0.2) is 0 Å². The number of amidine groups is 1. The summed E-state index contributed by atoms with van der Waals surface area (Å²) in [7, 11) is 3.18. The van der Waals surface area contributed by atoms with E-state index < -0.39 is 0 Å². The van der Waals surface area contributed by atoms with E-state index in [0.717, 1.165) is 22.5 Å². The molecule has 0 aromatic heterocycles. The van der Waals surface area contributed by atoms with Crippen molar-refractivity contribution >= 4 is 41.4 Å². The van der Waals surface area contributed by atoms with Crippen molar-refractivity contribution in [2.24, 2.45) is 5.73 Å². The van der Waals surface area contributed by atoms with Crippen molar-refractivity contribution in [2.75, 3.05) is 25.6 Å². The highest BCUT2D eigenvalue weighted by Crippen LogP contribution is 2.31. The summed E-state index contributed by atoms with van der Waals surface area (Å²) in [6.45, 7) is 0.439. The fourth-order valence-corrected chi connectivity index (χ4v) is 3.29. The molecule has 4 N–H and O–H groups in total. The van der Waals surface area contributed by atoms with Crippen molar-refractivity contribution in [1.82, 2.24) is 5.32 Å². The lowest BCUT2D eigenvalue weighted by Gasteiger charge is -2.17. The number of benzene rings is 2. The fourth-order valence-electron chi connectivity index (χ4n) is 3.29. The van der Waals surface area contributed by atoms with Crippen LogP contribution in [0.1, 0.15) is 23.1 Å². The van der Waals surface area contributed by atoms with E-state index in [2.05, 4.69) is 10.1 Å². The largest absolute Gasteiger partial charge is 0.469 e. The minimum atomic E-state index is -0.244. The van der Waals surface area contributed by atoms with E-state index in [4.69, 9.17) is 11.1 Å². The number of carbonyl (C=O) groups excluding carboxylic acids is 2. The number of nitrogens with two attached hydrogens (primary N) is 1. The molecule has 0 saturated heterocycles. The number of ether oxygens (including phenoxy) is 1. The summed E-state index contributed by atoms with van der Waals surface area (Å²) in [6.07, 6.45) is 0.913. The Morgan fingerprint density at radius 2 is 1.80 bits per heavy atom. The van der Waals surface area contributed by atoms with Crippen molar-refractivity contribution in [3.63, 3.8) is 0 Å². The number of nitrogen functional groups attached to an aromatic ring is 1. The van der Waals surface area contributed by atoms with E-state index in [-0.39, 0.29) is 30.1 Å². The highest BCUT2D eigenvalue weighted by Gasteiger charge is 2.31. The zero-order valence-corrected chi connectivity index (χ0v) is 17.7.